The second kappa shape index (κ2) is 4.66. The maximum atomic E-state index is 12.3. The number of halogens is 1. The van der Waals surface area contributed by atoms with E-state index in [-0.39, 0.29) is 0 Å². The number of hydrogen-bond donors (Lipinski definition) is 0. The Labute approximate surface area is 71.6 Å². The molecule has 0 N–H and O–H groups in total. The Bertz CT molecular complexity index is 323. The van der Waals surface area contributed by atoms with Gasteiger partial charge in [0, 0.05) is 0 Å². The van der Waals surface area contributed by atoms with Crippen molar-refractivity contribution in [3.63, 3.8) is 0 Å². The summed E-state index contributed by atoms with van der Waals surface area (Å²) in [5, 5.41) is 0. The lowest BCUT2D eigenvalue weighted by molar-refractivity contribution is 0.560. The molecule has 0 aromatic rings. The van der Waals surface area contributed by atoms with Crippen LogP contribution < -0.4 is 0 Å². The van der Waals surface area contributed by atoms with Crippen LogP contribution >= 0.6 is 0 Å². The Morgan fingerprint density at radius 1 is 1.25 bits per heavy atom. The van der Waals surface area contributed by atoms with Gasteiger partial charge in [0.25, 0.3) is 0 Å². The average molecular weight is 188 g/mol. The zero-order valence-corrected chi connectivity index (χ0v) is 7.22. The molecule has 12 heavy (non-hydrogen) atoms. The highest BCUT2D eigenvalue weighted by Crippen LogP contribution is 2.10. The van der Waals surface area contributed by atoms with Crippen LogP contribution in [0, 0.1) is 0 Å². The van der Waals surface area contributed by atoms with E-state index in [9.17, 15) is 12.3 Å². The second-order valence-corrected chi connectivity index (χ2v) is 3.18. The van der Waals surface area contributed by atoms with Crippen LogP contribution in [0.15, 0.2) is 48.4 Å². The summed E-state index contributed by atoms with van der Waals surface area (Å²) in [7, 11) is -4.64. The van der Waals surface area contributed by atoms with Gasteiger partial charge in [-0.3, -0.25) is 0 Å². The van der Waals surface area contributed by atoms with E-state index in [1.54, 1.807) is 0 Å². The van der Waals surface area contributed by atoms with Crippen LogP contribution in [0.2, 0.25) is 0 Å². The van der Waals surface area contributed by atoms with Crippen molar-refractivity contribution in [1.82, 2.24) is 0 Å². The summed E-state index contributed by atoms with van der Waals surface area (Å²) in [5.74, 6) is 0. The standard InChI is InChI=1S/C8H9FO2S/c1-3-5-7-8(6-4-2)12(9,10)11/h3-7H,1-2H2/b7-5-,8-6+. The average Bonchev–Trinajstić information content (AvgIpc) is 1.95. The van der Waals surface area contributed by atoms with E-state index in [0.29, 0.717) is 0 Å². The SMILES string of the molecule is C=C/C=C\C(=C/C=C)S(=O)(=O)F. The van der Waals surface area contributed by atoms with E-state index in [1.807, 2.05) is 0 Å². The molecule has 0 amide bonds. The van der Waals surface area contributed by atoms with E-state index in [2.05, 4.69) is 13.2 Å². The van der Waals surface area contributed by atoms with Crippen LogP contribution in [-0.4, -0.2) is 8.42 Å². The van der Waals surface area contributed by atoms with Crippen LogP contribution in [0.25, 0.3) is 0 Å². The smallest absolute Gasteiger partial charge is 0.189 e. The van der Waals surface area contributed by atoms with Gasteiger partial charge in [-0.05, 0) is 12.2 Å². The summed E-state index contributed by atoms with van der Waals surface area (Å²) in [4.78, 5) is -0.433. The Morgan fingerprint density at radius 2 is 1.83 bits per heavy atom. The molecule has 0 radical (unpaired) electrons. The van der Waals surface area contributed by atoms with Gasteiger partial charge in [-0.25, -0.2) is 0 Å². The summed E-state index contributed by atoms with van der Waals surface area (Å²) in [6, 6.07) is 0. The lowest BCUT2D eigenvalue weighted by Crippen LogP contribution is -1.92. The molecule has 0 aliphatic carbocycles. The van der Waals surface area contributed by atoms with Crippen molar-refractivity contribution in [3.05, 3.63) is 48.4 Å². The van der Waals surface area contributed by atoms with Gasteiger partial charge in [-0.2, -0.15) is 8.42 Å². The first-order valence-electron chi connectivity index (χ1n) is 3.09. The maximum Gasteiger partial charge on any atom is 0.332 e. The third kappa shape index (κ3) is 3.88. The molecule has 0 fully saturated rings. The van der Waals surface area contributed by atoms with E-state index in [4.69, 9.17) is 0 Å². The van der Waals surface area contributed by atoms with Crippen molar-refractivity contribution in [3.8, 4) is 0 Å². The van der Waals surface area contributed by atoms with Crippen LogP contribution in [0.4, 0.5) is 3.89 Å². The Morgan fingerprint density at radius 3 is 2.17 bits per heavy atom. The third-order valence-electron chi connectivity index (χ3n) is 0.960. The van der Waals surface area contributed by atoms with Crippen molar-refractivity contribution in [2.24, 2.45) is 0 Å². The largest absolute Gasteiger partial charge is 0.332 e. The van der Waals surface area contributed by atoms with Crippen LogP contribution in [0.3, 0.4) is 0 Å². The molecule has 4 heteroatoms. The monoisotopic (exact) mass is 188 g/mol. The molecule has 0 aliphatic heterocycles. The highest BCUT2D eigenvalue weighted by Gasteiger charge is 2.10. The fourth-order valence-corrected chi connectivity index (χ4v) is 0.997. The Balaban J connectivity index is 4.95. The highest BCUT2D eigenvalue weighted by atomic mass is 32.3. The zero-order chi connectivity index (χ0) is 9.61. The van der Waals surface area contributed by atoms with Crippen LogP contribution in [0.5, 0.6) is 0 Å². The molecule has 0 saturated carbocycles. The van der Waals surface area contributed by atoms with Gasteiger partial charge in [0.05, 0.1) is 4.91 Å². The molecular weight excluding hydrogens is 179 g/mol. The molecular formula is C8H9FO2S. The van der Waals surface area contributed by atoms with Gasteiger partial charge < -0.3 is 0 Å². The topological polar surface area (TPSA) is 34.1 Å². The minimum Gasteiger partial charge on any atom is -0.189 e. The normalized spacial score (nSPS) is 13.2. The molecule has 0 saturated heterocycles. The van der Waals surface area contributed by atoms with Crippen molar-refractivity contribution in [1.29, 1.82) is 0 Å². The molecule has 2 nitrogen and oxygen atoms in total. The molecule has 0 spiro atoms. The minimum atomic E-state index is -4.64. The molecule has 0 unspecified atom stereocenters. The van der Waals surface area contributed by atoms with Gasteiger partial charge in [0.2, 0.25) is 0 Å². The van der Waals surface area contributed by atoms with Crippen LogP contribution in [-0.2, 0) is 10.2 Å². The Kier molecular flexibility index (Phi) is 4.21. The minimum absolute atomic E-state index is 0.433. The van der Waals surface area contributed by atoms with Gasteiger partial charge in [0.1, 0.15) is 0 Å². The van der Waals surface area contributed by atoms with Gasteiger partial charge >= 0.3 is 10.2 Å². The fraction of sp³-hybridized carbons (Fsp3) is 0. The summed E-state index contributed by atoms with van der Waals surface area (Å²) >= 11 is 0. The molecule has 0 atom stereocenters. The first-order valence-corrected chi connectivity index (χ1v) is 4.47. The van der Waals surface area contributed by atoms with E-state index in [0.717, 1.165) is 12.2 Å². The van der Waals surface area contributed by atoms with Crippen molar-refractivity contribution in [2.45, 2.75) is 0 Å². The first-order chi connectivity index (χ1) is 5.52. The van der Waals surface area contributed by atoms with Crippen LogP contribution in [0.1, 0.15) is 0 Å². The first kappa shape index (κ1) is 10.8. The van der Waals surface area contributed by atoms with E-state index in [1.165, 1.54) is 18.2 Å². The third-order valence-corrected chi connectivity index (χ3v) is 1.80. The predicted octanol–water partition coefficient (Wildman–Crippen LogP) is 2.10. The predicted molar refractivity (Wildman–Crippen MR) is 47.6 cm³/mol. The number of hydrogen-bond acceptors (Lipinski definition) is 2. The van der Waals surface area contributed by atoms with E-state index >= 15 is 0 Å². The summed E-state index contributed by atoms with van der Waals surface area (Å²) < 4.78 is 33.1. The van der Waals surface area contributed by atoms with E-state index < -0.39 is 15.1 Å². The number of rotatable bonds is 4. The van der Waals surface area contributed by atoms with Gasteiger partial charge in [-0.1, -0.05) is 31.4 Å². The maximum absolute atomic E-state index is 12.3. The van der Waals surface area contributed by atoms with Crippen molar-refractivity contribution >= 4 is 10.2 Å². The Hall–Kier alpha value is -1.16. The van der Waals surface area contributed by atoms with Gasteiger partial charge in [-0.15, -0.1) is 3.89 Å². The molecule has 0 rings (SSSR count). The van der Waals surface area contributed by atoms with Crippen molar-refractivity contribution in [2.75, 3.05) is 0 Å². The van der Waals surface area contributed by atoms with Gasteiger partial charge in [0.15, 0.2) is 0 Å². The second-order valence-electron chi connectivity index (χ2n) is 1.84. The summed E-state index contributed by atoms with van der Waals surface area (Å²) in [6.45, 7) is 6.57. The zero-order valence-electron chi connectivity index (χ0n) is 6.40. The molecule has 0 heterocycles. The lowest BCUT2D eigenvalue weighted by Gasteiger charge is -1.91. The molecule has 0 aromatic heterocycles. The summed E-state index contributed by atoms with van der Waals surface area (Å²) in [5.41, 5.74) is 0. The van der Waals surface area contributed by atoms with Crippen molar-refractivity contribution < 1.29 is 12.3 Å². The molecule has 66 valence electrons. The molecule has 0 aliphatic rings. The summed E-state index contributed by atoms with van der Waals surface area (Å²) in [6.07, 6.45) is 6.04. The number of allylic oxidation sites excluding steroid dienone is 5. The quantitative estimate of drug-likeness (QED) is 0.500. The molecule has 0 bridgehead atoms. The fourth-order valence-electron chi connectivity index (χ4n) is 0.497. The molecule has 0 aromatic carbocycles. The highest BCUT2D eigenvalue weighted by molar-refractivity contribution is 7.90. The lowest BCUT2D eigenvalue weighted by atomic mass is 10.4.